The molecule has 1 aromatic heterocycles. The fourth-order valence-electron chi connectivity index (χ4n) is 4.49. The Hall–Kier alpha value is -2.47. The zero-order chi connectivity index (χ0) is 20.8. The van der Waals surface area contributed by atoms with Crippen LogP contribution in [-0.4, -0.2) is 59.5 Å². The lowest BCUT2D eigenvalue weighted by molar-refractivity contribution is 0.0949. The number of aromatic nitrogens is 2. The molecule has 0 bridgehead atoms. The fourth-order valence-corrected chi connectivity index (χ4v) is 4.49. The number of hydrogen-bond donors (Lipinski definition) is 1. The van der Waals surface area contributed by atoms with E-state index in [0.717, 1.165) is 49.7 Å². The second kappa shape index (κ2) is 10.0. The van der Waals surface area contributed by atoms with Crippen molar-refractivity contribution in [1.82, 2.24) is 20.2 Å². The van der Waals surface area contributed by atoms with E-state index in [1.807, 2.05) is 30.3 Å². The Balaban J connectivity index is 1.29. The quantitative estimate of drug-likeness (QED) is 0.709. The van der Waals surface area contributed by atoms with Crippen LogP contribution in [-0.2, 0) is 0 Å². The summed E-state index contributed by atoms with van der Waals surface area (Å²) in [6.07, 6.45) is 9.01. The molecule has 6 heteroatoms. The van der Waals surface area contributed by atoms with Gasteiger partial charge in [-0.3, -0.25) is 4.79 Å². The van der Waals surface area contributed by atoms with E-state index in [1.54, 1.807) is 6.33 Å². The van der Waals surface area contributed by atoms with Crippen LogP contribution in [0.5, 0.6) is 0 Å². The molecule has 2 aliphatic heterocycles. The molecule has 1 atom stereocenters. The third-order valence-corrected chi connectivity index (χ3v) is 6.37. The predicted molar refractivity (Wildman–Crippen MR) is 121 cm³/mol. The minimum absolute atomic E-state index is 0.00585. The second-order valence-corrected chi connectivity index (χ2v) is 8.52. The summed E-state index contributed by atoms with van der Waals surface area (Å²) < 4.78 is 0. The van der Waals surface area contributed by atoms with Gasteiger partial charge in [-0.05, 0) is 57.7 Å². The number of carbonyl (C=O) groups is 1. The summed E-state index contributed by atoms with van der Waals surface area (Å²) in [6, 6.07) is 10.4. The molecule has 2 saturated heterocycles. The summed E-state index contributed by atoms with van der Waals surface area (Å²) >= 11 is 0. The van der Waals surface area contributed by atoms with Crippen LogP contribution in [0.4, 0.5) is 5.82 Å². The van der Waals surface area contributed by atoms with Crippen molar-refractivity contribution >= 4 is 11.7 Å². The average molecular weight is 408 g/mol. The highest BCUT2D eigenvalue weighted by Crippen LogP contribution is 2.23. The van der Waals surface area contributed by atoms with Crippen molar-refractivity contribution in [3.05, 3.63) is 42.2 Å². The standard InChI is InChI=1S/C24H33N5O/c1-19-7-2-3-13-28(19)16-6-12-25-24(30)21-10-8-20(9-11-21)22-17-23(27-18-26-22)29-14-4-5-15-29/h8-11,17-19H,2-7,12-16H2,1H3,(H,25,30)/t19-/m1/s1. The summed E-state index contributed by atoms with van der Waals surface area (Å²) in [5.41, 5.74) is 2.60. The monoisotopic (exact) mass is 407 g/mol. The highest BCUT2D eigenvalue weighted by molar-refractivity contribution is 5.94. The Morgan fingerprint density at radius 2 is 1.83 bits per heavy atom. The van der Waals surface area contributed by atoms with E-state index in [2.05, 4.69) is 32.0 Å². The summed E-state index contributed by atoms with van der Waals surface area (Å²) in [4.78, 5) is 26.2. The van der Waals surface area contributed by atoms with Gasteiger partial charge in [0.25, 0.3) is 5.91 Å². The molecule has 2 aromatic rings. The molecule has 0 radical (unpaired) electrons. The molecule has 160 valence electrons. The Labute approximate surface area is 179 Å². The molecule has 1 amide bonds. The van der Waals surface area contributed by atoms with E-state index in [9.17, 15) is 4.79 Å². The number of likely N-dealkylation sites (tertiary alicyclic amines) is 1. The van der Waals surface area contributed by atoms with Crippen LogP contribution in [0.2, 0.25) is 0 Å². The lowest BCUT2D eigenvalue weighted by atomic mass is 10.0. The third kappa shape index (κ3) is 5.17. The summed E-state index contributed by atoms with van der Waals surface area (Å²) in [6.45, 7) is 7.41. The Morgan fingerprint density at radius 1 is 1.07 bits per heavy atom. The molecule has 0 aliphatic carbocycles. The molecule has 2 fully saturated rings. The van der Waals surface area contributed by atoms with Crippen LogP contribution in [0.25, 0.3) is 11.3 Å². The number of rotatable bonds is 7. The summed E-state index contributed by atoms with van der Waals surface area (Å²) in [5, 5.41) is 3.06. The van der Waals surface area contributed by atoms with Gasteiger partial charge in [0.15, 0.2) is 0 Å². The van der Waals surface area contributed by atoms with E-state index in [0.29, 0.717) is 11.6 Å². The molecule has 1 N–H and O–H groups in total. The van der Waals surface area contributed by atoms with E-state index < -0.39 is 0 Å². The van der Waals surface area contributed by atoms with Gasteiger partial charge in [0.2, 0.25) is 0 Å². The fraction of sp³-hybridized carbons (Fsp3) is 0.542. The van der Waals surface area contributed by atoms with Crippen LogP contribution < -0.4 is 10.2 Å². The van der Waals surface area contributed by atoms with Crippen molar-refractivity contribution in [2.45, 2.75) is 51.5 Å². The van der Waals surface area contributed by atoms with E-state index in [4.69, 9.17) is 0 Å². The van der Waals surface area contributed by atoms with Gasteiger partial charge >= 0.3 is 0 Å². The maximum absolute atomic E-state index is 12.5. The minimum Gasteiger partial charge on any atom is -0.357 e. The van der Waals surface area contributed by atoms with Crippen LogP contribution >= 0.6 is 0 Å². The molecule has 2 aliphatic rings. The smallest absolute Gasteiger partial charge is 0.251 e. The zero-order valence-electron chi connectivity index (χ0n) is 18.0. The zero-order valence-corrected chi connectivity index (χ0v) is 18.0. The largest absolute Gasteiger partial charge is 0.357 e. The Morgan fingerprint density at radius 3 is 2.60 bits per heavy atom. The third-order valence-electron chi connectivity index (χ3n) is 6.37. The first kappa shape index (κ1) is 20.8. The van der Waals surface area contributed by atoms with Gasteiger partial charge in [-0.2, -0.15) is 0 Å². The van der Waals surface area contributed by atoms with Gasteiger partial charge in [-0.25, -0.2) is 9.97 Å². The van der Waals surface area contributed by atoms with Gasteiger partial charge < -0.3 is 15.1 Å². The first-order chi connectivity index (χ1) is 14.7. The van der Waals surface area contributed by atoms with Gasteiger partial charge in [0.1, 0.15) is 12.1 Å². The van der Waals surface area contributed by atoms with E-state index >= 15 is 0 Å². The number of anilines is 1. The van der Waals surface area contributed by atoms with Crippen LogP contribution in [0.1, 0.15) is 55.8 Å². The predicted octanol–water partition coefficient (Wildman–Crippen LogP) is 3.74. The maximum Gasteiger partial charge on any atom is 0.251 e. The van der Waals surface area contributed by atoms with Crippen molar-refractivity contribution in [3.8, 4) is 11.3 Å². The first-order valence-electron chi connectivity index (χ1n) is 11.4. The molecule has 0 saturated carbocycles. The second-order valence-electron chi connectivity index (χ2n) is 8.52. The number of nitrogens with zero attached hydrogens (tertiary/aromatic N) is 4. The molecule has 4 rings (SSSR count). The molecule has 0 spiro atoms. The molecule has 6 nitrogen and oxygen atoms in total. The normalized spacial score (nSPS) is 19.8. The summed E-state index contributed by atoms with van der Waals surface area (Å²) in [5.74, 6) is 0.982. The average Bonchev–Trinajstić information content (AvgIpc) is 3.33. The topological polar surface area (TPSA) is 61.4 Å². The van der Waals surface area contributed by atoms with E-state index in [-0.39, 0.29) is 5.91 Å². The highest BCUT2D eigenvalue weighted by atomic mass is 16.1. The van der Waals surface area contributed by atoms with Crippen LogP contribution in [0.15, 0.2) is 36.7 Å². The van der Waals surface area contributed by atoms with Gasteiger partial charge in [0, 0.05) is 49.4 Å². The molecule has 1 aromatic carbocycles. The number of carbonyl (C=O) groups excluding carboxylic acids is 1. The Kier molecular flexibility index (Phi) is 6.95. The van der Waals surface area contributed by atoms with Gasteiger partial charge in [-0.1, -0.05) is 18.6 Å². The van der Waals surface area contributed by atoms with Crippen molar-refractivity contribution in [2.24, 2.45) is 0 Å². The number of piperidine rings is 1. The number of nitrogens with one attached hydrogen (secondary N) is 1. The highest BCUT2D eigenvalue weighted by Gasteiger charge is 2.17. The molecular formula is C24H33N5O. The Bertz CT molecular complexity index is 832. The number of amides is 1. The summed E-state index contributed by atoms with van der Waals surface area (Å²) in [7, 11) is 0. The molecule has 0 unspecified atom stereocenters. The number of benzene rings is 1. The lowest BCUT2D eigenvalue weighted by Crippen LogP contribution is -2.39. The van der Waals surface area contributed by atoms with Gasteiger partial charge in [0.05, 0.1) is 5.69 Å². The van der Waals surface area contributed by atoms with Crippen molar-refractivity contribution in [2.75, 3.05) is 37.6 Å². The molecular weight excluding hydrogens is 374 g/mol. The number of hydrogen-bond acceptors (Lipinski definition) is 5. The van der Waals surface area contributed by atoms with Crippen LogP contribution in [0, 0.1) is 0 Å². The van der Waals surface area contributed by atoms with Gasteiger partial charge in [-0.15, -0.1) is 0 Å². The minimum atomic E-state index is -0.00585. The van der Waals surface area contributed by atoms with Crippen LogP contribution in [0.3, 0.4) is 0 Å². The maximum atomic E-state index is 12.5. The van der Waals surface area contributed by atoms with Crippen molar-refractivity contribution in [3.63, 3.8) is 0 Å². The SMILES string of the molecule is C[C@@H]1CCCCN1CCCNC(=O)c1ccc(-c2cc(N3CCCC3)ncn2)cc1. The lowest BCUT2D eigenvalue weighted by Gasteiger charge is -2.33. The van der Waals surface area contributed by atoms with Crippen molar-refractivity contribution < 1.29 is 4.79 Å². The van der Waals surface area contributed by atoms with E-state index in [1.165, 1.54) is 38.6 Å². The molecule has 3 heterocycles. The molecule has 30 heavy (non-hydrogen) atoms. The van der Waals surface area contributed by atoms with Crippen molar-refractivity contribution in [1.29, 1.82) is 0 Å². The first-order valence-corrected chi connectivity index (χ1v) is 11.4.